The van der Waals surface area contributed by atoms with Gasteiger partial charge < -0.3 is 10.6 Å². The highest BCUT2D eigenvalue weighted by atomic mass is 127. The van der Waals surface area contributed by atoms with Crippen molar-refractivity contribution in [2.45, 2.75) is 6.92 Å². The van der Waals surface area contributed by atoms with Gasteiger partial charge in [-0.05, 0) is 66.0 Å². The van der Waals surface area contributed by atoms with E-state index in [9.17, 15) is 4.79 Å². The normalized spacial score (nSPS) is 9.90. The Morgan fingerprint density at radius 3 is 2.55 bits per heavy atom. The van der Waals surface area contributed by atoms with E-state index in [0.717, 1.165) is 14.9 Å². The molecule has 2 rings (SSSR count). The van der Waals surface area contributed by atoms with Gasteiger partial charge in [0.1, 0.15) is 0 Å². The first kappa shape index (κ1) is 14.9. The van der Waals surface area contributed by atoms with Crippen molar-refractivity contribution in [1.82, 2.24) is 0 Å². The van der Waals surface area contributed by atoms with E-state index in [2.05, 4.69) is 33.2 Å². The van der Waals surface area contributed by atoms with Crippen LogP contribution in [0.25, 0.3) is 0 Å². The summed E-state index contributed by atoms with van der Waals surface area (Å²) in [6.45, 7) is 1.54. The summed E-state index contributed by atoms with van der Waals surface area (Å²) < 4.78 is 1.09. The third kappa shape index (κ3) is 4.01. The monoisotopic (exact) mass is 396 g/mol. The molecule has 3 nitrogen and oxygen atoms in total. The first-order valence-electron chi connectivity index (χ1n) is 6.00. The third-order valence-electron chi connectivity index (χ3n) is 2.65. The predicted octanol–water partition coefficient (Wildman–Crippen LogP) is 4.30. The molecule has 0 aliphatic rings. The fraction of sp³-hybridized carbons (Fsp3) is 0.0667. The van der Waals surface area contributed by atoms with E-state index in [4.69, 9.17) is 12.2 Å². The van der Waals surface area contributed by atoms with Crippen molar-refractivity contribution in [3.8, 4) is 0 Å². The van der Waals surface area contributed by atoms with Crippen LogP contribution in [0.4, 0.5) is 11.4 Å². The Balaban J connectivity index is 2.07. The van der Waals surface area contributed by atoms with Crippen LogP contribution in [-0.2, 0) is 0 Å². The predicted molar refractivity (Wildman–Crippen MR) is 95.4 cm³/mol. The lowest BCUT2D eigenvalue weighted by Crippen LogP contribution is -2.19. The standard InChI is InChI=1S/C15H13IN2OS/c1-10(19)11-5-4-6-12(9-11)17-15(20)18-14-8-3-2-7-13(14)16/h2-9H,1H3,(H2,17,18,20). The van der Waals surface area contributed by atoms with Gasteiger partial charge in [0.2, 0.25) is 0 Å². The summed E-state index contributed by atoms with van der Waals surface area (Å²) in [6, 6.07) is 15.1. The molecule has 0 atom stereocenters. The summed E-state index contributed by atoms with van der Waals surface area (Å²) in [6.07, 6.45) is 0. The van der Waals surface area contributed by atoms with E-state index < -0.39 is 0 Å². The first-order valence-corrected chi connectivity index (χ1v) is 7.48. The van der Waals surface area contributed by atoms with Crippen molar-refractivity contribution < 1.29 is 4.79 Å². The number of rotatable bonds is 3. The minimum atomic E-state index is 0.0325. The van der Waals surface area contributed by atoms with Crippen LogP contribution < -0.4 is 10.6 Å². The molecule has 0 heterocycles. The number of hydrogen-bond acceptors (Lipinski definition) is 2. The lowest BCUT2D eigenvalue weighted by atomic mass is 10.1. The highest BCUT2D eigenvalue weighted by Gasteiger charge is 2.04. The van der Waals surface area contributed by atoms with Gasteiger partial charge in [0.15, 0.2) is 10.9 Å². The van der Waals surface area contributed by atoms with Crippen molar-refractivity contribution in [1.29, 1.82) is 0 Å². The summed E-state index contributed by atoms with van der Waals surface area (Å²) in [4.78, 5) is 11.3. The van der Waals surface area contributed by atoms with Crippen molar-refractivity contribution in [2.75, 3.05) is 10.6 Å². The van der Waals surface area contributed by atoms with Gasteiger partial charge in [-0.15, -0.1) is 0 Å². The minimum absolute atomic E-state index is 0.0325. The molecule has 0 amide bonds. The number of carbonyl (C=O) groups excluding carboxylic acids is 1. The zero-order valence-electron chi connectivity index (χ0n) is 10.8. The van der Waals surface area contributed by atoms with Crippen LogP contribution in [0.1, 0.15) is 17.3 Å². The smallest absolute Gasteiger partial charge is 0.175 e. The molecule has 0 saturated carbocycles. The molecule has 2 N–H and O–H groups in total. The molecule has 102 valence electrons. The van der Waals surface area contributed by atoms with Gasteiger partial charge >= 0.3 is 0 Å². The highest BCUT2D eigenvalue weighted by molar-refractivity contribution is 14.1. The second-order valence-corrected chi connectivity index (χ2v) is 5.77. The minimum Gasteiger partial charge on any atom is -0.332 e. The molecule has 2 aromatic rings. The zero-order chi connectivity index (χ0) is 14.5. The average Bonchev–Trinajstić information content (AvgIpc) is 2.41. The molecule has 0 spiro atoms. The number of halogens is 1. The fourth-order valence-corrected chi connectivity index (χ4v) is 2.41. The van der Waals surface area contributed by atoms with Crippen molar-refractivity contribution in [2.24, 2.45) is 0 Å². The van der Waals surface area contributed by atoms with Crippen molar-refractivity contribution in [3.63, 3.8) is 0 Å². The molecule has 20 heavy (non-hydrogen) atoms. The molecule has 2 aromatic carbocycles. The maximum absolute atomic E-state index is 11.3. The second kappa shape index (κ2) is 6.81. The molecule has 0 aliphatic carbocycles. The van der Waals surface area contributed by atoms with E-state index in [-0.39, 0.29) is 5.78 Å². The van der Waals surface area contributed by atoms with Crippen LogP contribution in [-0.4, -0.2) is 10.9 Å². The quantitative estimate of drug-likeness (QED) is 0.461. The van der Waals surface area contributed by atoms with Crippen LogP contribution in [0.3, 0.4) is 0 Å². The van der Waals surface area contributed by atoms with E-state index in [0.29, 0.717) is 10.7 Å². The molecule has 0 unspecified atom stereocenters. The number of carbonyl (C=O) groups is 1. The number of ketones is 1. The number of hydrogen-bond donors (Lipinski definition) is 2. The Morgan fingerprint density at radius 2 is 1.85 bits per heavy atom. The molecular formula is C15H13IN2OS. The molecule has 0 radical (unpaired) electrons. The molecule has 0 fully saturated rings. The van der Waals surface area contributed by atoms with E-state index in [1.165, 1.54) is 0 Å². The topological polar surface area (TPSA) is 41.1 Å². The Kier molecular flexibility index (Phi) is 5.08. The maximum Gasteiger partial charge on any atom is 0.175 e. The van der Waals surface area contributed by atoms with Crippen LogP contribution in [0.2, 0.25) is 0 Å². The molecule has 0 saturated heterocycles. The van der Waals surface area contributed by atoms with Crippen LogP contribution in [0, 0.1) is 3.57 Å². The fourth-order valence-electron chi connectivity index (χ4n) is 1.66. The molecular weight excluding hydrogens is 383 g/mol. The summed E-state index contributed by atoms with van der Waals surface area (Å²) in [5.41, 5.74) is 2.40. The van der Waals surface area contributed by atoms with Crippen LogP contribution in [0.15, 0.2) is 48.5 Å². The third-order valence-corrected chi connectivity index (χ3v) is 3.79. The largest absolute Gasteiger partial charge is 0.332 e. The number of thiocarbonyl (C=S) groups is 1. The number of para-hydroxylation sites is 1. The lowest BCUT2D eigenvalue weighted by molar-refractivity contribution is 0.101. The molecule has 0 aliphatic heterocycles. The summed E-state index contributed by atoms with van der Waals surface area (Å²) in [7, 11) is 0. The van der Waals surface area contributed by atoms with Gasteiger partial charge in [-0.3, -0.25) is 4.79 Å². The first-order chi connectivity index (χ1) is 9.56. The maximum atomic E-state index is 11.3. The number of benzene rings is 2. The van der Waals surface area contributed by atoms with Crippen LogP contribution in [0.5, 0.6) is 0 Å². The lowest BCUT2D eigenvalue weighted by Gasteiger charge is -2.12. The Labute approximate surface area is 136 Å². The molecule has 0 aromatic heterocycles. The van der Waals surface area contributed by atoms with Gasteiger partial charge in [0.05, 0.1) is 5.69 Å². The van der Waals surface area contributed by atoms with E-state index >= 15 is 0 Å². The van der Waals surface area contributed by atoms with Crippen LogP contribution >= 0.6 is 34.8 Å². The molecule has 5 heteroatoms. The second-order valence-electron chi connectivity index (χ2n) is 4.20. The van der Waals surface area contributed by atoms with Crippen molar-refractivity contribution >= 4 is 57.1 Å². The van der Waals surface area contributed by atoms with Gasteiger partial charge in [-0.1, -0.05) is 24.3 Å². The SMILES string of the molecule is CC(=O)c1cccc(NC(=S)Nc2ccccc2I)c1. The van der Waals surface area contributed by atoms with Gasteiger partial charge in [0.25, 0.3) is 0 Å². The number of anilines is 2. The summed E-state index contributed by atoms with van der Waals surface area (Å²) >= 11 is 7.52. The van der Waals surface area contributed by atoms with E-state index in [1.807, 2.05) is 36.4 Å². The zero-order valence-corrected chi connectivity index (χ0v) is 13.8. The summed E-state index contributed by atoms with van der Waals surface area (Å²) in [5.74, 6) is 0.0325. The Morgan fingerprint density at radius 1 is 1.10 bits per heavy atom. The van der Waals surface area contributed by atoms with Gasteiger partial charge in [0, 0.05) is 14.8 Å². The molecule has 0 bridgehead atoms. The Bertz CT molecular complexity index is 658. The average molecular weight is 396 g/mol. The highest BCUT2D eigenvalue weighted by Crippen LogP contribution is 2.18. The summed E-state index contributed by atoms with van der Waals surface area (Å²) in [5, 5.41) is 6.71. The number of Topliss-reactive ketones (excluding diaryl/α,β-unsaturated/α-hetero) is 1. The number of nitrogens with one attached hydrogen (secondary N) is 2. The van der Waals surface area contributed by atoms with Gasteiger partial charge in [-0.25, -0.2) is 0 Å². The van der Waals surface area contributed by atoms with Crippen molar-refractivity contribution in [3.05, 3.63) is 57.7 Å². The Hall–Kier alpha value is -1.47. The van der Waals surface area contributed by atoms with E-state index in [1.54, 1.807) is 19.1 Å². The van der Waals surface area contributed by atoms with Gasteiger partial charge in [-0.2, -0.15) is 0 Å².